The van der Waals surface area contributed by atoms with Crippen molar-refractivity contribution >= 4 is 0 Å². The highest BCUT2D eigenvalue weighted by molar-refractivity contribution is 5.74. The van der Waals surface area contributed by atoms with Gasteiger partial charge in [-0.3, -0.25) is 15.0 Å². The number of pyridine rings is 3. The van der Waals surface area contributed by atoms with E-state index in [0.717, 1.165) is 87.3 Å². The van der Waals surface area contributed by atoms with Crippen LogP contribution in [0.1, 0.15) is 95.1 Å². The van der Waals surface area contributed by atoms with Gasteiger partial charge in [-0.05, 0) is 170 Å². The zero-order valence-corrected chi connectivity index (χ0v) is 34.5. The minimum atomic E-state index is -2.31. The highest BCUT2D eigenvalue weighted by Gasteiger charge is 2.62. The van der Waals surface area contributed by atoms with Crippen molar-refractivity contribution in [1.82, 2.24) is 15.0 Å². The molecule has 4 atom stereocenters. The molecule has 3 heteroatoms. The number of hydrogen-bond acceptors (Lipinski definition) is 3. The second kappa shape index (κ2) is 16.1. The summed E-state index contributed by atoms with van der Waals surface area (Å²) in [6.45, 7) is -0.498. The fourth-order valence-electron chi connectivity index (χ4n) is 11.4. The maximum absolute atomic E-state index is 10.4. The third-order valence-electron chi connectivity index (χ3n) is 13.8. The summed E-state index contributed by atoms with van der Waals surface area (Å²) in [5, 5.41) is 0. The lowest BCUT2D eigenvalue weighted by molar-refractivity contribution is -0.166. The van der Waals surface area contributed by atoms with Gasteiger partial charge in [0.25, 0.3) is 0 Å². The van der Waals surface area contributed by atoms with Crippen molar-refractivity contribution < 1.29 is 9.60 Å². The fourth-order valence-corrected chi connectivity index (χ4v) is 11.4. The van der Waals surface area contributed by atoms with Crippen LogP contribution in [0.3, 0.4) is 0 Å². The molecule has 3 aromatic heterocycles. The molecule has 3 nitrogen and oxygen atoms in total. The molecular weight excluding hydrogens is 727 g/mol. The van der Waals surface area contributed by atoms with E-state index in [1.807, 2.05) is 129 Å². The third-order valence-corrected chi connectivity index (χ3v) is 13.8. The molecule has 0 spiro atoms. The largest absolute Gasteiger partial charge is 0.256 e. The van der Waals surface area contributed by atoms with Gasteiger partial charge in [0.1, 0.15) is 0 Å². The van der Waals surface area contributed by atoms with Crippen molar-refractivity contribution in [2.75, 3.05) is 0 Å². The van der Waals surface area contributed by atoms with Crippen molar-refractivity contribution in [3.8, 4) is 44.9 Å². The summed E-state index contributed by atoms with van der Waals surface area (Å²) in [5.74, 6) is 0.176. The number of benzene rings is 4. The molecule has 3 heterocycles. The van der Waals surface area contributed by atoms with E-state index < -0.39 is 30.4 Å². The van der Waals surface area contributed by atoms with Crippen LogP contribution in [0, 0.1) is 35.9 Å². The van der Waals surface area contributed by atoms with E-state index in [9.17, 15) is 5.48 Å². The summed E-state index contributed by atoms with van der Waals surface area (Å²) >= 11 is 0. The van der Waals surface area contributed by atoms with Crippen LogP contribution in [-0.2, 0) is 19.3 Å². The Labute approximate surface area is 367 Å². The van der Waals surface area contributed by atoms with Gasteiger partial charge >= 0.3 is 0 Å². The van der Waals surface area contributed by atoms with Gasteiger partial charge < -0.3 is 0 Å². The van der Waals surface area contributed by atoms with Crippen LogP contribution in [-0.4, -0.2) is 15.0 Å². The molecular formula is C57H57N3. The second-order valence-electron chi connectivity index (χ2n) is 18.2. The van der Waals surface area contributed by atoms with Crippen molar-refractivity contribution in [3.63, 3.8) is 0 Å². The molecule has 11 rings (SSSR count). The minimum absolute atomic E-state index is 0.0684. The average Bonchev–Trinajstić information content (AvgIpc) is 3.31. The smallest absolute Gasteiger partial charge is 0.0708 e. The van der Waals surface area contributed by atoms with Gasteiger partial charge in [0.2, 0.25) is 0 Å². The Kier molecular flexibility index (Phi) is 8.37. The van der Waals surface area contributed by atoms with E-state index in [4.69, 9.17) is 19.1 Å². The van der Waals surface area contributed by atoms with Gasteiger partial charge in [0.05, 0.1) is 17.1 Å². The molecule has 4 fully saturated rings. The summed E-state index contributed by atoms with van der Waals surface area (Å²) in [7, 11) is 0. The van der Waals surface area contributed by atoms with Gasteiger partial charge in [0, 0.05) is 44.9 Å². The van der Waals surface area contributed by atoms with Crippen molar-refractivity contribution in [2.45, 2.75) is 90.7 Å². The molecule has 60 heavy (non-hydrogen) atoms. The standard InChI is InChI=1S/C57H57N3/c1-41-18-21-49(30-42(41)2)51-31-54(48-16-10-5-11-17-48)60-37-50(51)26-29-57-34-45-32-55(39-57,27-24-43-19-22-52(58-35-43)46-12-6-3-7-13-46)38-56(33-45,40-57)28-25-44-20-23-53(59-36-44)47-14-8-4-9-15-47/h3-23,30-31,35-37,45H,24-29,32-34,38-40H2,1-2H3/i2D3,27D2,29D2. The first-order valence-corrected chi connectivity index (χ1v) is 21.7. The summed E-state index contributed by atoms with van der Waals surface area (Å²) in [6.07, 6.45) is 8.38. The number of nitrogens with zero attached hydrogens (tertiary/aromatic N) is 3. The molecule has 0 amide bonds. The maximum atomic E-state index is 10.4. The van der Waals surface area contributed by atoms with Gasteiger partial charge in [-0.2, -0.15) is 0 Å². The SMILES string of the molecule is [2H]C([2H])([2H])c1cc(-c2cc(-c3ccccc3)ncc2CC([2H])([2H])C23CC4CC(CCc5ccc(-c6ccccc6)nc5)(CC(C([2H])([2H])Cc5ccc(-c6ccccc6)nc5)(C4)C2)C3)ccc1C. The molecule has 0 saturated heterocycles. The molecule has 4 saturated carbocycles. The molecule has 0 radical (unpaired) electrons. The highest BCUT2D eigenvalue weighted by atomic mass is 14.7. The highest BCUT2D eigenvalue weighted by Crippen LogP contribution is 2.73. The maximum Gasteiger partial charge on any atom is 0.0708 e. The van der Waals surface area contributed by atoms with E-state index in [0.29, 0.717) is 31.2 Å². The van der Waals surface area contributed by atoms with Gasteiger partial charge in [-0.25, -0.2) is 0 Å². The molecule has 0 aliphatic heterocycles. The topological polar surface area (TPSA) is 38.7 Å². The second-order valence-corrected chi connectivity index (χ2v) is 18.2. The van der Waals surface area contributed by atoms with Crippen LogP contribution in [0.15, 0.2) is 158 Å². The first-order chi connectivity index (χ1) is 32.0. The molecule has 4 aromatic carbocycles. The van der Waals surface area contributed by atoms with E-state index in [1.54, 1.807) is 12.3 Å². The first-order valence-electron chi connectivity index (χ1n) is 25.2. The fraction of sp³-hybridized carbons (Fsp3) is 0.316. The predicted octanol–water partition coefficient (Wildman–Crippen LogP) is 14.3. The van der Waals surface area contributed by atoms with Gasteiger partial charge in [0.15, 0.2) is 0 Å². The van der Waals surface area contributed by atoms with Crippen LogP contribution in [0.4, 0.5) is 0 Å². The molecule has 7 aromatic rings. The van der Waals surface area contributed by atoms with E-state index >= 15 is 0 Å². The van der Waals surface area contributed by atoms with Crippen LogP contribution in [0.25, 0.3) is 44.9 Å². The molecule has 4 unspecified atom stereocenters. The third kappa shape index (κ3) is 7.99. The number of aromatic nitrogens is 3. The average molecular weight is 791 g/mol. The zero-order valence-electron chi connectivity index (χ0n) is 41.5. The number of rotatable bonds is 13. The molecule has 300 valence electrons. The number of aryl methyl sites for hydroxylation is 5. The Morgan fingerprint density at radius 2 is 1.05 bits per heavy atom. The molecule has 4 aliphatic rings. The summed E-state index contributed by atoms with van der Waals surface area (Å²) in [5.41, 5.74) is 8.84. The molecule has 0 N–H and O–H groups in total. The predicted molar refractivity (Wildman–Crippen MR) is 247 cm³/mol. The van der Waals surface area contributed by atoms with Crippen LogP contribution >= 0.6 is 0 Å². The zero-order chi connectivity index (χ0) is 46.7. The Bertz CT molecular complexity index is 2870. The van der Waals surface area contributed by atoms with Crippen LogP contribution in [0.2, 0.25) is 0 Å². The normalized spacial score (nSPS) is 25.3. The minimum Gasteiger partial charge on any atom is -0.256 e. The van der Waals surface area contributed by atoms with Crippen molar-refractivity contribution in [2.24, 2.45) is 22.2 Å². The summed E-state index contributed by atoms with van der Waals surface area (Å²) in [4.78, 5) is 14.6. The Morgan fingerprint density at radius 3 is 1.63 bits per heavy atom. The van der Waals surface area contributed by atoms with E-state index in [2.05, 4.69) is 24.3 Å². The van der Waals surface area contributed by atoms with E-state index in [-0.39, 0.29) is 29.7 Å². The van der Waals surface area contributed by atoms with Crippen LogP contribution < -0.4 is 0 Å². The lowest BCUT2D eigenvalue weighted by Gasteiger charge is -2.67. The Hall–Kier alpha value is -5.67. The van der Waals surface area contributed by atoms with Gasteiger partial charge in [-0.1, -0.05) is 121 Å². The Balaban J connectivity index is 1.02. The first kappa shape index (κ1) is 31.2. The molecule has 4 bridgehead atoms. The van der Waals surface area contributed by atoms with Crippen molar-refractivity contribution in [3.05, 3.63) is 186 Å². The van der Waals surface area contributed by atoms with Crippen LogP contribution in [0.5, 0.6) is 0 Å². The summed E-state index contributed by atoms with van der Waals surface area (Å²) in [6, 6.07) is 45.9. The number of hydrogen-bond donors (Lipinski definition) is 0. The Morgan fingerprint density at radius 1 is 0.517 bits per heavy atom. The molecule has 4 aliphatic carbocycles. The monoisotopic (exact) mass is 790 g/mol. The lowest BCUT2D eigenvalue weighted by atomic mass is 9.37. The van der Waals surface area contributed by atoms with Crippen molar-refractivity contribution in [1.29, 1.82) is 0 Å². The lowest BCUT2D eigenvalue weighted by Crippen LogP contribution is -2.57. The van der Waals surface area contributed by atoms with E-state index in [1.165, 1.54) is 0 Å². The van der Waals surface area contributed by atoms with Gasteiger partial charge in [-0.15, -0.1) is 0 Å². The summed E-state index contributed by atoms with van der Waals surface area (Å²) < 4.78 is 66.1. The quantitative estimate of drug-likeness (QED) is 0.117.